The molecule has 1 aromatic carbocycles. The van der Waals surface area contributed by atoms with Gasteiger partial charge in [0.15, 0.2) is 5.11 Å². The summed E-state index contributed by atoms with van der Waals surface area (Å²) in [7, 11) is 0. The Morgan fingerprint density at radius 2 is 1.81 bits per heavy atom. The number of hydrogen-bond acceptors (Lipinski definition) is 1. The molecule has 0 spiro atoms. The van der Waals surface area contributed by atoms with Crippen LogP contribution in [0.5, 0.6) is 0 Å². The molecule has 3 heteroatoms. The molecule has 2 N–H and O–H groups in total. The van der Waals surface area contributed by atoms with Gasteiger partial charge in [0.1, 0.15) is 0 Å². The molecule has 0 aliphatic heterocycles. The molecule has 3 fully saturated rings. The van der Waals surface area contributed by atoms with Gasteiger partial charge in [-0.2, -0.15) is 0 Å². The van der Waals surface area contributed by atoms with Crippen molar-refractivity contribution in [1.29, 1.82) is 0 Å². The normalized spacial score (nSPS) is 39.0. The van der Waals surface area contributed by atoms with Gasteiger partial charge in [0.2, 0.25) is 0 Å². The zero-order chi connectivity index (χ0) is 19.2. The van der Waals surface area contributed by atoms with Crippen molar-refractivity contribution in [3.05, 3.63) is 35.9 Å². The zero-order valence-electron chi connectivity index (χ0n) is 17.4. The monoisotopic (exact) mass is 384 g/mol. The van der Waals surface area contributed by atoms with Crippen LogP contribution in [0.2, 0.25) is 0 Å². The summed E-state index contributed by atoms with van der Waals surface area (Å²) in [6.07, 6.45) is 6.38. The largest absolute Gasteiger partial charge is 0.362 e. The van der Waals surface area contributed by atoms with E-state index in [1.165, 1.54) is 31.2 Å². The van der Waals surface area contributed by atoms with Gasteiger partial charge in [-0.05, 0) is 85.4 Å². The number of benzene rings is 1. The quantitative estimate of drug-likeness (QED) is 0.700. The predicted molar refractivity (Wildman–Crippen MR) is 118 cm³/mol. The van der Waals surface area contributed by atoms with E-state index in [0.717, 1.165) is 47.7 Å². The second-order valence-electron chi connectivity index (χ2n) is 10.3. The van der Waals surface area contributed by atoms with Crippen LogP contribution in [0.25, 0.3) is 0 Å². The van der Waals surface area contributed by atoms with Crippen LogP contribution in [0.3, 0.4) is 0 Å². The first-order valence-electron chi connectivity index (χ1n) is 10.9. The van der Waals surface area contributed by atoms with Crippen molar-refractivity contribution in [3.63, 3.8) is 0 Å². The van der Waals surface area contributed by atoms with E-state index in [1.54, 1.807) is 0 Å². The highest BCUT2D eigenvalue weighted by Crippen LogP contribution is 2.71. The van der Waals surface area contributed by atoms with Crippen molar-refractivity contribution in [1.82, 2.24) is 10.6 Å². The van der Waals surface area contributed by atoms with E-state index in [1.807, 2.05) is 0 Å². The van der Waals surface area contributed by atoms with Crippen molar-refractivity contribution >= 4 is 17.3 Å². The standard InChI is InChI=1S/C24H36N2S/c1-16-10-11-18-20(16)21-19(23(21,2)3)12-14-24(18,4)26-22(27)25-15-13-17-8-6-5-7-9-17/h5-9,16,18-21H,10-15H2,1-4H3,(H2,25,26,27)/t16-,18-,19-,20+,21-,24-/m0/s1. The SMILES string of the molecule is C[C@H]1CC[C@H]2[C@@H]1[C@@H]1[C@H](CC[C@]2(C)NC(=S)NCCc2ccccc2)C1(C)C. The third kappa shape index (κ3) is 3.52. The van der Waals surface area contributed by atoms with Crippen molar-refractivity contribution in [2.24, 2.45) is 35.0 Å². The molecule has 0 amide bonds. The topological polar surface area (TPSA) is 24.1 Å². The first-order valence-corrected chi connectivity index (χ1v) is 11.3. The molecule has 0 radical (unpaired) electrons. The minimum atomic E-state index is 0.149. The lowest BCUT2D eigenvalue weighted by Crippen LogP contribution is -2.55. The van der Waals surface area contributed by atoms with Crippen molar-refractivity contribution < 1.29 is 0 Å². The minimum absolute atomic E-state index is 0.149. The highest BCUT2D eigenvalue weighted by atomic mass is 32.1. The molecular weight excluding hydrogens is 348 g/mol. The predicted octanol–water partition coefficient (Wildman–Crippen LogP) is 5.18. The molecular formula is C24H36N2S. The van der Waals surface area contributed by atoms with E-state index in [0.29, 0.717) is 5.41 Å². The number of rotatable bonds is 4. The second-order valence-corrected chi connectivity index (χ2v) is 10.7. The molecule has 4 rings (SSSR count). The van der Waals surface area contributed by atoms with Gasteiger partial charge >= 0.3 is 0 Å². The molecule has 0 aromatic heterocycles. The van der Waals surface area contributed by atoms with Gasteiger partial charge in [0.25, 0.3) is 0 Å². The van der Waals surface area contributed by atoms with E-state index in [9.17, 15) is 0 Å². The van der Waals surface area contributed by atoms with Gasteiger partial charge in [-0.3, -0.25) is 0 Å². The number of thiocarbonyl (C=S) groups is 1. The van der Waals surface area contributed by atoms with E-state index >= 15 is 0 Å². The summed E-state index contributed by atoms with van der Waals surface area (Å²) in [6.45, 7) is 10.9. The lowest BCUT2D eigenvalue weighted by Gasteiger charge is -2.41. The van der Waals surface area contributed by atoms with Crippen LogP contribution in [0.15, 0.2) is 30.3 Å². The Hall–Kier alpha value is -1.09. The van der Waals surface area contributed by atoms with Crippen molar-refractivity contribution in [3.8, 4) is 0 Å². The fraction of sp³-hybridized carbons (Fsp3) is 0.708. The summed E-state index contributed by atoms with van der Waals surface area (Å²) < 4.78 is 0. The number of nitrogens with one attached hydrogen (secondary N) is 2. The molecule has 3 aliphatic rings. The summed E-state index contributed by atoms with van der Waals surface area (Å²) in [5.41, 5.74) is 2.08. The number of hydrogen-bond donors (Lipinski definition) is 2. The van der Waals surface area contributed by atoms with Crippen LogP contribution >= 0.6 is 12.2 Å². The Labute approximate surface area is 170 Å². The Morgan fingerprint density at radius 1 is 1.07 bits per heavy atom. The van der Waals surface area contributed by atoms with Gasteiger partial charge in [-0.15, -0.1) is 0 Å². The summed E-state index contributed by atoms with van der Waals surface area (Å²) in [4.78, 5) is 0. The fourth-order valence-corrected chi connectivity index (χ4v) is 7.07. The van der Waals surface area contributed by atoms with E-state index < -0.39 is 0 Å². The molecule has 2 nitrogen and oxygen atoms in total. The molecule has 0 saturated heterocycles. The Bertz CT molecular complexity index is 685. The van der Waals surface area contributed by atoms with Crippen LogP contribution in [-0.4, -0.2) is 17.2 Å². The first-order chi connectivity index (χ1) is 12.8. The molecule has 3 saturated carbocycles. The molecule has 6 atom stereocenters. The maximum absolute atomic E-state index is 5.72. The summed E-state index contributed by atoms with van der Waals surface area (Å²) >= 11 is 5.72. The Morgan fingerprint density at radius 3 is 2.56 bits per heavy atom. The van der Waals surface area contributed by atoms with E-state index in [-0.39, 0.29) is 5.54 Å². The molecule has 1 aromatic rings. The molecule has 27 heavy (non-hydrogen) atoms. The van der Waals surface area contributed by atoms with Crippen molar-refractivity contribution in [2.75, 3.05) is 6.54 Å². The zero-order valence-corrected chi connectivity index (χ0v) is 18.2. The summed E-state index contributed by atoms with van der Waals surface area (Å²) in [5, 5.41) is 8.13. The van der Waals surface area contributed by atoms with Crippen LogP contribution in [-0.2, 0) is 6.42 Å². The van der Waals surface area contributed by atoms with E-state index in [4.69, 9.17) is 12.2 Å². The third-order valence-electron chi connectivity index (χ3n) is 8.34. The smallest absolute Gasteiger partial charge is 0.166 e. The van der Waals surface area contributed by atoms with Crippen LogP contribution in [0, 0.1) is 35.0 Å². The minimum Gasteiger partial charge on any atom is -0.362 e. The van der Waals surface area contributed by atoms with Gasteiger partial charge in [-0.1, -0.05) is 57.5 Å². The lowest BCUT2D eigenvalue weighted by molar-refractivity contribution is 0.157. The Balaban J connectivity index is 1.38. The van der Waals surface area contributed by atoms with Crippen LogP contribution in [0.4, 0.5) is 0 Å². The molecule has 0 bridgehead atoms. The molecule has 0 unspecified atom stereocenters. The van der Waals surface area contributed by atoms with Crippen LogP contribution in [0.1, 0.15) is 58.9 Å². The van der Waals surface area contributed by atoms with Gasteiger partial charge in [-0.25, -0.2) is 0 Å². The highest BCUT2D eigenvalue weighted by Gasteiger charge is 2.66. The van der Waals surface area contributed by atoms with Gasteiger partial charge in [0.05, 0.1) is 0 Å². The maximum Gasteiger partial charge on any atom is 0.166 e. The number of fused-ring (bicyclic) bond motifs is 3. The van der Waals surface area contributed by atoms with E-state index in [2.05, 4.69) is 68.7 Å². The fourth-order valence-electron chi connectivity index (χ4n) is 6.74. The first kappa shape index (κ1) is 19.2. The summed E-state index contributed by atoms with van der Waals surface area (Å²) in [5.74, 6) is 4.36. The van der Waals surface area contributed by atoms with Crippen molar-refractivity contribution in [2.45, 2.75) is 65.3 Å². The third-order valence-corrected chi connectivity index (χ3v) is 8.59. The molecule has 3 aliphatic carbocycles. The summed E-state index contributed by atoms with van der Waals surface area (Å²) in [6, 6.07) is 10.6. The second kappa shape index (κ2) is 7.06. The molecule has 0 heterocycles. The lowest BCUT2D eigenvalue weighted by atomic mass is 9.72. The van der Waals surface area contributed by atoms with Gasteiger partial charge in [0, 0.05) is 12.1 Å². The molecule has 148 valence electrons. The Kier molecular flexibility index (Phi) is 5.03. The highest BCUT2D eigenvalue weighted by molar-refractivity contribution is 7.80. The average Bonchev–Trinajstić information content (AvgIpc) is 2.99. The average molecular weight is 385 g/mol. The maximum atomic E-state index is 5.72. The van der Waals surface area contributed by atoms with Gasteiger partial charge < -0.3 is 10.6 Å². The van der Waals surface area contributed by atoms with Crippen LogP contribution < -0.4 is 10.6 Å².